The Kier molecular flexibility index (Phi) is 10.2. The maximum Gasteiger partial charge on any atom is 0.307 e. The van der Waals surface area contributed by atoms with Gasteiger partial charge in [-0.15, -0.1) is 0 Å². The van der Waals surface area contributed by atoms with Crippen LogP contribution in [0.25, 0.3) is 11.1 Å². The van der Waals surface area contributed by atoms with Gasteiger partial charge in [-0.1, -0.05) is 42.5 Å². The second-order valence-electron chi connectivity index (χ2n) is 7.18. The van der Waals surface area contributed by atoms with Crippen LogP contribution in [0.4, 0.5) is 0 Å². The summed E-state index contributed by atoms with van der Waals surface area (Å²) < 4.78 is 15.3. The lowest BCUT2D eigenvalue weighted by atomic mass is 9.98. The molecule has 0 aliphatic carbocycles. The molecule has 1 amide bonds. The molecule has 7 heteroatoms. The van der Waals surface area contributed by atoms with Crippen LogP contribution in [0.15, 0.2) is 48.5 Å². The smallest absolute Gasteiger partial charge is 0.307 e. The number of para-hydroxylation sites is 1. The highest BCUT2D eigenvalue weighted by molar-refractivity contribution is 5.82. The molecule has 2 aromatic rings. The third-order valence-electron chi connectivity index (χ3n) is 4.80. The summed E-state index contributed by atoms with van der Waals surface area (Å²) in [6, 6.07) is 15.3. The molecule has 32 heavy (non-hydrogen) atoms. The molecule has 1 N–H and O–H groups in total. The van der Waals surface area contributed by atoms with Crippen molar-refractivity contribution in [2.45, 2.75) is 45.6 Å². The Morgan fingerprint density at radius 2 is 1.62 bits per heavy atom. The molecule has 0 bridgehead atoms. The van der Waals surface area contributed by atoms with Gasteiger partial charge in [0.1, 0.15) is 5.75 Å². The Hall–Kier alpha value is -3.35. The lowest BCUT2D eigenvalue weighted by Gasteiger charge is -2.18. The van der Waals surface area contributed by atoms with Crippen LogP contribution in [-0.2, 0) is 30.3 Å². The number of ether oxygens (including phenoxy) is 3. The number of carbonyl (C=O) groups is 3. The van der Waals surface area contributed by atoms with Crippen LogP contribution >= 0.6 is 0 Å². The summed E-state index contributed by atoms with van der Waals surface area (Å²) in [5.41, 5.74) is 2.98. The lowest BCUT2D eigenvalue weighted by molar-refractivity contribution is -0.144. The molecule has 1 unspecified atom stereocenters. The van der Waals surface area contributed by atoms with Crippen molar-refractivity contribution < 1.29 is 28.6 Å². The summed E-state index contributed by atoms with van der Waals surface area (Å²) in [5, 5.41) is 2.84. The van der Waals surface area contributed by atoms with E-state index in [1.807, 2.05) is 55.5 Å². The molecule has 0 heterocycles. The largest absolute Gasteiger partial charge is 0.493 e. The number of hydrogen-bond acceptors (Lipinski definition) is 6. The van der Waals surface area contributed by atoms with E-state index in [9.17, 15) is 14.4 Å². The average molecular weight is 442 g/mol. The van der Waals surface area contributed by atoms with E-state index in [0.717, 1.165) is 22.4 Å². The topological polar surface area (TPSA) is 90.9 Å². The Labute approximate surface area is 189 Å². The van der Waals surface area contributed by atoms with Crippen molar-refractivity contribution in [2.75, 3.05) is 20.3 Å². The molecule has 7 nitrogen and oxygen atoms in total. The van der Waals surface area contributed by atoms with E-state index in [4.69, 9.17) is 9.47 Å². The Morgan fingerprint density at radius 3 is 2.28 bits per heavy atom. The van der Waals surface area contributed by atoms with Crippen LogP contribution in [0.5, 0.6) is 5.75 Å². The Bertz CT molecular complexity index is 894. The van der Waals surface area contributed by atoms with Gasteiger partial charge >= 0.3 is 11.9 Å². The van der Waals surface area contributed by atoms with E-state index in [-0.39, 0.29) is 37.7 Å². The first kappa shape index (κ1) is 24.9. The minimum atomic E-state index is -0.454. The molecular formula is C25H31NO6. The highest BCUT2D eigenvalue weighted by atomic mass is 16.5. The zero-order valence-corrected chi connectivity index (χ0v) is 18.9. The maximum atomic E-state index is 12.3. The molecule has 2 aromatic carbocycles. The molecule has 0 spiro atoms. The van der Waals surface area contributed by atoms with Crippen LogP contribution in [0.2, 0.25) is 0 Å². The number of rotatable bonds is 12. The van der Waals surface area contributed by atoms with Crippen molar-refractivity contribution in [3.63, 3.8) is 0 Å². The second-order valence-corrected chi connectivity index (χ2v) is 7.18. The first-order valence-electron chi connectivity index (χ1n) is 10.8. The number of nitrogens with one attached hydrogen (secondary N) is 1. The van der Waals surface area contributed by atoms with Crippen LogP contribution in [-0.4, -0.2) is 44.2 Å². The summed E-state index contributed by atoms with van der Waals surface area (Å²) in [7, 11) is 1.28. The van der Waals surface area contributed by atoms with Crippen molar-refractivity contribution in [1.29, 1.82) is 0 Å². The third kappa shape index (κ3) is 8.06. The standard InChI is InChI=1S/C25H31NO6/c1-4-31-22-9-7-6-8-21(22)19-12-10-18(11-13-19)16-20(17-25(29)32-5-2)26-23(27)14-15-24(28)30-3/h6-13,20H,4-5,14-17H2,1-3H3,(H,26,27). The number of amides is 1. The molecule has 1 atom stereocenters. The molecule has 172 valence electrons. The van der Waals surface area contributed by atoms with Gasteiger partial charge in [0, 0.05) is 18.0 Å². The molecule has 0 aliphatic rings. The van der Waals surface area contributed by atoms with Crippen LogP contribution in [0.1, 0.15) is 38.7 Å². The molecule has 0 aromatic heterocycles. The average Bonchev–Trinajstić information content (AvgIpc) is 2.78. The number of methoxy groups -OCH3 is 1. The minimum Gasteiger partial charge on any atom is -0.493 e. The van der Waals surface area contributed by atoms with Gasteiger partial charge < -0.3 is 19.5 Å². The molecule has 0 aliphatic heterocycles. The normalized spacial score (nSPS) is 11.3. The summed E-state index contributed by atoms with van der Waals surface area (Å²) in [6.07, 6.45) is 0.491. The van der Waals surface area contributed by atoms with Crippen LogP contribution < -0.4 is 10.1 Å². The lowest BCUT2D eigenvalue weighted by Crippen LogP contribution is -2.38. The molecular weight excluding hydrogens is 410 g/mol. The van der Waals surface area contributed by atoms with Crippen LogP contribution in [0, 0.1) is 0 Å². The van der Waals surface area contributed by atoms with Gasteiger partial charge in [-0.25, -0.2) is 0 Å². The molecule has 2 rings (SSSR count). The fourth-order valence-electron chi connectivity index (χ4n) is 3.30. The Morgan fingerprint density at radius 1 is 0.906 bits per heavy atom. The van der Waals surface area contributed by atoms with Gasteiger partial charge in [0.2, 0.25) is 5.91 Å². The molecule has 0 radical (unpaired) electrons. The summed E-state index contributed by atoms with van der Waals surface area (Å²) in [5.74, 6) is -0.328. The summed E-state index contributed by atoms with van der Waals surface area (Å²) >= 11 is 0. The fraction of sp³-hybridized carbons (Fsp3) is 0.400. The molecule has 0 saturated heterocycles. The van der Waals surface area contributed by atoms with E-state index < -0.39 is 12.0 Å². The first-order valence-corrected chi connectivity index (χ1v) is 10.8. The van der Waals surface area contributed by atoms with Crippen molar-refractivity contribution in [3.05, 3.63) is 54.1 Å². The van der Waals surface area contributed by atoms with Crippen molar-refractivity contribution in [1.82, 2.24) is 5.32 Å². The van der Waals surface area contributed by atoms with Crippen molar-refractivity contribution in [3.8, 4) is 16.9 Å². The SMILES string of the molecule is CCOC(=O)CC(Cc1ccc(-c2ccccc2OCC)cc1)NC(=O)CCC(=O)OC. The fourth-order valence-corrected chi connectivity index (χ4v) is 3.30. The number of benzene rings is 2. The van der Waals surface area contributed by atoms with E-state index in [1.165, 1.54) is 7.11 Å². The minimum absolute atomic E-state index is 0.000844. The van der Waals surface area contributed by atoms with Gasteiger partial charge in [0.25, 0.3) is 0 Å². The van der Waals surface area contributed by atoms with E-state index in [2.05, 4.69) is 10.1 Å². The molecule has 0 saturated carbocycles. The monoisotopic (exact) mass is 441 g/mol. The molecule has 0 fully saturated rings. The van der Waals surface area contributed by atoms with Gasteiger partial charge in [-0.05, 0) is 37.5 Å². The van der Waals surface area contributed by atoms with E-state index in [1.54, 1.807) is 6.92 Å². The number of hydrogen-bond donors (Lipinski definition) is 1. The number of esters is 2. The second kappa shape index (κ2) is 13.1. The van der Waals surface area contributed by atoms with Gasteiger partial charge in [0.15, 0.2) is 0 Å². The number of carbonyl (C=O) groups excluding carboxylic acids is 3. The maximum absolute atomic E-state index is 12.3. The van der Waals surface area contributed by atoms with Crippen molar-refractivity contribution >= 4 is 17.8 Å². The summed E-state index contributed by atoms with van der Waals surface area (Å²) in [6.45, 7) is 4.54. The predicted molar refractivity (Wildman–Crippen MR) is 121 cm³/mol. The van der Waals surface area contributed by atoms with Crippen molar-refractivity contribution in [2.24, 2.45) is 0 Å². The zero-order valence-electron chi connectivity index (χ0n) is 18.9. The quantitative estimate of drug-likeness (QED) is 0.505. The Balaban J connectivity index is 2.10. The highest BCUT2D eigenvalue weighted by Crippen LogP contribution is 2.30. The predicted octanol–water partition coefficient (Wildman–Crippen LogP) is 3.69. The van der Waals surface area contributed by atoms with E-state index in [0.29, 0.717) is 13.0 Å². The van der Waals surface area contributed by atoms with Crippen LogP contribution in [0.3, 0.4) is 0 Å². The summed E-state index contributed by atoms with van der Waals surface area (Å²) in [4.78, 5) is 35.6. The highest BCUT2D eigenvalue weighted by Gasteiger charge is 2.19. The first-order chi connectivity index (χ1) is 15.5. The van der Waals surface area contributed by atoms with E-state index >= 15 is 0 Å². The van der Waals surface area contributed by atoms with Gasteiger partial charge in [0.05, 0.1) is 33.2 Å². The third-order valence-corrected chi connectivity index (χ3v) is 4.80. The zero-order chi connectivity index (χ0) is 23.3. The van der Waals surface area contributed by atoms with Gasteiger partial charge in [-0.3, -0.25) is 14.4 Å². The van der Waals surface area contributed by atoms with Gasteiger partial charge in [-0.2, -0.15) is 0 Å².